The third kappa shape index (κ3) is 1.25. The van der Waals surface area contributed by atoms with Crippen molar-refractivity contribution in [1.29, 1.82) is 0 Å². The monoisotopic (exact) mass is 199 g/mol. The first-order valence-electron chi connectivity index (χ1n) is 5.12. The molecule has 4 heteroatoms. The molecule has 2 N–H and O–H groups in total. The first-order chi connectivity index (χ1) is 6.70. The Morgan fingerprint density at radius 2 is 2.21 bits per heavy atom. The van der Waals surface area contributed by atoms with Gasteiger partial charge in [0.25, 0.3) is 0 Å². The number of esters is 1. The van der Waals surface area contributed by atoms with Gasteiger partial charge in [-0.1, -0.05) is 6.42 Å². The van der Waals surface area contributed by atoms with Gasteiger partial charge in [0.1, 0.15) is 5.41 Å². The molecule has 0 spiro atoms. The summed E-state index contributed by atoms with van der Waals surface area (Å²) in [6, 6.07) is -0.0857. The number of hydrogen-bond donors (Lipinski definition) is 1. The lowest BCUT2D eigenvalue weighted by Gasteiger charge is -2.47. The van der Waals surface area contributed by atoms with Gasteiger partial charge in [0, 0.05) is 6.04 Å². The largest absolute Gasteiger partial charge is 0.468 e. The van der Waals surface area contributed by atoms with Crippen molar-refractivity contribution in [2.75, 3.05) is 20.3 Å². The van der Waals surface area contributed by atoms with Crippen LogP contribution in [0.15, 0.2) is 0 Å². The highest BCUT2D eigenvalue weighted by atomic mass is 16.5. The van der Waals surface area contributed by atoms with Gasteiger partial charge < -0.3 is 15.2 Å². The van der Waals surface area contributed by atoms with Crippen LogP contribution < -0.4 is 5.73 Å². The van der Waals surface area contributed by atoms with Crippen molar-refractivity contribution >= 4 is 5.97 Å². The van der Waals surface area contributed by atoms with E-state index in [1.807, 2.05) is 0 Å². The van der Waals surface area contributed by atoms with Crippen LogP contribution in [0.1, 0.15) is 19.3 Å². The van der Waals surface area contributed by atoms with Crippen LogP contribution in [-0.4, -0.2) is 32.3 Å². The fourth-order valence-corrected chi connectivity index (χ4v) is 2.22. The summed E-state index contributed by atoms with van der Waals surface area (Å²) in [6.07, 6.45) is 3.51. The molecule has 1 unspecified atom stereocenters. The summed E-state index contributed by atoms with van der Waals surface area (Å²) in [5.74, 6) is 0.279. The molecule has 2 fully saturated rings. The van der Waals surface area contributed by atoms with Crippen molar-refractivity contribution in [1.82, 2.24) is 0 Å². The molecule has 1 heterocycles. The van der Waals surface area contributed by atoms with Crippen molar-refractivity contribution < 1.29 is 14.3 Å². The van der Waals surface area contributed by atoms with Crippen LogP contribution in [-0.2, 0) is 14.3 Å². The molecule has 0 aromatic heterocycles. The van der Waals surface area contributed by atoms with Gasteiger partial charge in [-0.25, -0.2) is 0 Å². The summed E-state index contributed by atoms with van der Waals surface area (Å²) >= 11 is 0. The summed E-state index contributed by atoms with van der Waals surface area (Å²) in [5, 5.41) is 0. The van der Waals surface area contributed by atoms with E-state index in [0.717, 1.165) is 12.8 Å². The summed E-state index contributed by atoms with van der Waals surface area (Å²) in [7, 11) is 1.41. The van der Waals surface area contributed by atoms with Crippen LogP contribution in [0.4, 0.5) is 0 Å². The Bertz CT molecular complexity index is 234. The minimum absolute atomic E-state index is 0.0857. The molecule has 0 aromatic rings. The summed E-state index contributed by atoms with van der Waals surface area (Å²) < 4.78 is 9.92. The third-order valence-electron chi connectivity index (χ3n) is 3.61. The second-order valence-corrected chi connectivity index (χ2v) is 4.36. The fourth-order valence-electron chi connectivity index (χ4n) is 2.22. The number of carbonyl (C=O) groups excluding carboxylic acids is 1. The molecule has 2 aliphatic rings. The summed E-state index contributed by atoms with van der Waals surface area (Å²) in [4.78, 5) is 11.6. The van der Waals surface area contributed by atoms with E-state index < -0.39 is 5.41 Å². The van der Waals surface area contributed by atoms with E-state index in [4.69, 9.17) is 15.2 Å². The normalized spacial score (nSPS) is 27.3. The van der Waals surface area contributed by atoms with Gasteiger partial charge in [-0.15, -0.1) is 0 Å². The van der Waals surface area contributed by atoms with Crippen molar-refractivity contribution in [2.45, 2.75) is 25.3 Å². The zero-order valence-corrected chi connectivity index (χ0v) is 8.49. The fraction of sp³-hybridized carbons (Fsp3) is 0.900. The Hall–Kier alpha value is -0.610. The van der Waals surface area contributed by atoms with Crippen molar-refractivity contribution in [3.8, 4) is 0 Å². The molecule has 0 bridgehead atoms. The topological polar surface area (TPSA) is 61.5 Å². The first kappa shape index (κ1) is 9.93. The second kappa shape index (κ2) is 3.51. The molecule has 0 amide bonds. The van der Waals surface area contributed by atoms with Crippen molar-refractivity contribution in [2.24, 2.45) is 17.1 Å². The molecule has 14 heavy (non-hydrogen) atoms. The zero-order chi connectivity index (χ0) is 10.2. The number of ether oxygens (including phenoxy) is 2. The Balaban J connectivity index is 2.06. The van der Waals surface area contributed by atoms with Gasteiger partial charge >= 0.3 is 5.97 Å². The Kier molecular flexibility index (Phi) is 2.49. The molecule has 0 aromatic carbocycles. The molecular formula is C10H17NO3. The van der Waals surface area contributed by atoms with Gasteiger partial charge in [0.05, 0.1) is 20.3 Å². The third-order valence-corrected chi connectivity index (χ3v) is 3.61. The van der Waals surface area contributed by atoms with E-state index in [9.17, 15) is 4.79 Å². The number of methoxy groups -OCH3 is 1. The molecule has 1 aliphatic carbocycles. The highest BCUT2D eigenvalue weighted by Crippen LogP contribution is 2.41. The average Bonchev–Trinajstić information content (AvgIpc) is 1.98. The Labute approximate surface area is 83.7 Å². The molecule has 1 saturated heterocycles. The van der Waals surface area contributed by atoms with Gasteiger partial charge in [0.15, 0.2) is 0 Å². The number of carbonyl (C=O) groups is 1. The molecule has 1 aliphatic heterocycles. The lowest BCUT2D eigenvalue weighted by molar-refractivity contribution is -0.192. The zero-order valence-electron chi connectivity index (χ0n) is 8.49. The van der Waals surface area contributed by atoms with E-state index in [1.54, 1.807) is 0 Å². The van der Waals surface area contributed by atoms with Gasteiger partial charge in [-0.05, 0) is 18.8 Å². The number of rotatable bonds is 3. The van der Waals surface area contributed by atoms with Crippen LogP contribution in [0.5, 0.6) is 0 Å². The van der Waals surface area contributed by atoms with E-state index in [2.05, 4.69) is 0 Å². The molecule has 2 rings (SSSR count). The van der Waals surface area contributed by atoms with Crippen LogP contribution in [0, 0.1) is 11.3 Å². The SMILES string of the molecule is COC(=O)C1(C(N)C2CCC2)COC1. The maximum atomic E-state index is 11.6. The van der Waals surface area contributed by atoms with Crippen molar-refractivity contribution in [3.05, 3.63) is 0 Å². The van der Waals surface area contributed by atoms with Gasteiger partial charge in [-0.2, -0.15) is 0 Å². The highest BCUT2D eigenvalue weighted by Gasteiger charge is 2.54. The Morgan fingerprint density at radius 3 is 2.50 bits per heavy atom. The van der Waals surface area contributed by atoms with Gasteiger partial charge in [-0.3, -0.25) is 4.79 Å². The van der Waals surface area contributed by atoms with E-state index >= 15 is 0 Å². The predicted octanol–water partition coefficient (Wildman–Crippen LogP) is 0.303. The molecule has 1 saturated carbocycles. The quantitative estimate of drug-likeness (QED) is 0.664. The van der Waals surface area contributed by atoms with E-state index in [0.29, 0.717) is 19.1 Å². The molecular weight excluding hydrogens is 182 g/mol. The minimum Gasteiger partial charge on any atom is -0.468 e. The second-order valence-electron chi connectivity index (χ2n) is 4.36. The lowest BCUT2D eigenvalue weighted by Crippen LogP contribution is -2.63. The first-order valence-corrected chi connectivity index (χ1v) is 5.12. The predicted molar refractivity (Wildman–Crippen MR) is 50.6 cm³/mol. The smallest absolute Gasteiger partial charge is 0.318 e. The van der Waals surface area contributed by atoms with E-state index in [1.165, 1.54) is 13.5 Å². The van der Waals surface area contributed by atoms with Crippen LogP contribution >= 0.6 is 0 Å². The maximum absolute atomic E-state index is 11.6. The van der Waals surface area contributed by atoms with E-state index in [-0.39, 0.29) is 12.0 Å². The summed E-state index contributed by atoms with van der Waals surface area (Å²) in [5.41, 5.74) is 5.57. The van der Waals surface area contributed by atoms with Gasteiger partial charge in [0.2, 0.25) is 0 Å². The molecule has 4 nitrogen and oxygen atoms in total. The van der Waals surface area contributed by atoms with Crippen LogP contribution in [0.3, 0.4) is 0 Å². The minimum atomic E-state index is -0.542. The number of hydrogen-bond acceptors (Lipinski definition) is 4. The molecule has 80 valence electrons. The summed E-state index contributed by atoms with van der Waals surface area (Å²) in [6.45, 7) is 0.856. The lowest BCUT2D eigenvalue weighted by atomic mass is 9.66. The Morgan fingerprint density at radius 1 is 1.57 bits per heavy atom. The highest BCUT2D eigenvalue weighted by molar-refractivity contribution is 5.79. The average molecular weight is 199 g/mol. The molecule has 0 radical (unpaired) electrons. The number of nitrogens with two attached hydrogens (primary N) is 1. The molecule has 1 atom stereocenters. The van der Waals surface area contributed by atoms with Crippen molar-refractivity contribution in [3.63, 3.8) is 0 Å². The standard InChI is InChI=1S/C10H17NO3/c1-13-9(12)10(5-14-6-10)8(11)7-3-2-4-7/h7-8H,2-6,11H2,1H3. The van der Waals surface area contributed by atoms with Crippen LogP contribution in [0.2, 0.25) is 0 Å². The van der Waals surface area contributed by atoms with Crippen LogP contribution in [0.25, 0.3) is 0 Å². The maximum Gasteiger partial charge on any atom is 0.318 e.